The van der Waals surface area contributed by atoms with E-state index in [1.54, 1.807) is 0 Å². The van der Waals surface area contributed by atoms with E-state index < -0.39 is 0 Å². The molecular formula is C18H23NO. The average molecular weight is 269 g/mol. The van der Waals surface area contributed by atoms with Gasteiger partial charge in [-0.1, -0.05) is 42.5 Å². The maximum atomic E-state index is 6.44. The first-order chi connectivity index (χ1) is 9.79. The van der Waals surface area contributed by atoms with E-state index in [0.29, 0.717) is 5.92 Å². The van der Waals surface area contributed by atoms with E-state index in [0.717, 1.165) is 13.0 Å². The summed E-state index contributed by atoms with van der Waals surface area (Å²) in [5, 5.41) is 2.60. The summed E-state index contributed by atoms with van der Waals surface area (Å²) in [6, 6.07) is 15.1. The molecule has 2 atom stereocenters. The summed E-state index contributed by atoms with van der Waals surface area (Å²) >= 11 is 0. The molecule has 1 aliphatic rings. The van der Waals surface area contributed by atoms with Gasteiger partial charge in [0, 0.05) is 12.6 Å². The molecule has 2 unspecified atom stereocenters. The first kappa shape index (κ1) is 13.6. The Bertz CT molecular complexity index is 571. The van der Waals surface area contributed by atoms with Crippen LogP contribution in [0.3, 0.4) is 0 Å². The van der Waals surface area contributed by atoms with E-state index in [1.165, 1.54) is 29.2 Å². The molecule has 20 heavy (non-hydrogen) atoms. The van der Waals surface area contributed by atoms with Crippen molar-refractivity contribution in [2.24, 2.45) is 11.7 Å². The van der Waals surface area contributed by atoms with Crippen LogP contribution in [0.15, 0.2) is 42.5 Å². The number of hydrogen-bond acceptors (Lipinski definition) is 2. The van der Waals surface area contributed by atoms with Gasteiger partial charge in [0.25, 0.3) is 0 Å². The van der Waals surface area contributed by atoms with Crippen LogP contribution in [0.2, 0.25) is 0 Å². The fourth-order valence-corrected chi connectivity index (χ4v) is 3.07. The van der Waals surface area contributed by atoms with Crippen LogP contribution >= 0.6 is 0 Å². The van der Waals surface area contributed by atoms with Crippen molar-refractivity contribution in [1.29, 1.82) is 0 Å². The normalized spacial score (nSPS) is 18.1. The molecule has 2 heteroatoms. The lowest BCUT2D eigenvalue weighted by atomic mass is 9.95. The first-order valence-corrected chi connectivity index (χ1v) is 7.63. The molecule has 2 aromatic carbocycles. The second kappa shape index (κ2) is 5.94. The number of ether oxygens (including phenoxy) is 1. The standard InChI is InChI=1S/C18H23NO/c1-2-20-18(14-10-11-14)17(19)12-15-8-5-7-13-6-3-4-9-16(13)15/h3-9,14,17-18H,2,10-12,19H2,1H3. The van der Waals surface area contributed by atoms with Gasteiger partial charge in [-0.25, -0.2) is 0 Å². The maximum Gasteiger partial charge on any atom is 0.0757 e. The average Bonchev–Trinajstić information content (AvgIpc) is 3.29. The molecule has 0 aromatic heterocycles. The molecule has 0 spiro atoms. The van der Waals surface area contributed by atoms with E-state index in [2.05, 4.69) is 49.4 Å². The fraction of sp³-hybridized carbons (Fsp3) is 0.444. The SMILES string of the molecule is CCOC(C(N)Cc1cccc2ccccc12)C1CC1. The van der Waals surface area contributed by atoms with Crippen molar-refractivity contribution in [2.45, 2.75) is 38.3 Å². The Morgan fingerprint density at radius 3 is 2.65 bits per heavy atom. The van der Waals surface area contributed by atoms with Crippen molar-refractivity contribution in [1.82, 2.24) is 0 Å². The summed E-state index contributed by atoms with van der Waals surface area (Å²) in [7, 11) is 0. The molecule has 0 bridgehead atoms. The summed E-state index contributed by atoms with van der Waals surface area (Å²) in [5.74, 6) is 0.680. The minimum Gasteiger partial charge on any atom is -0.377 e. The minimum atomic E-state index is 0.0910. The fourth-order valence-electron chi connectivity index (χ4n) is 3.07. The molecule has 0 saturated heterocycles. The van der Waals surface area contributed by atoms with Gasteiger partial charge in [-0.15, -0.1) is 0 Å². The molecule has 2 aromatic rings. The van der Waals surface area contributed by atoms with Crippen molar-refractivity contribution < 1.29 is 4.74 Å². The Hall–Kier alpha value is -1.38. The largest absolute Gasteiger partial charge is 0.377 e. The van der Waals surface area contributed by atoms with Crippen LogP contribution in [0, 0.1) is 5.92 Å². The highest BCUT2D eigenvalue weighted by atomic mass is 16.5. The van der Waals surface area contributed by atoms with E-state index in [4.69, 9.17) is 10.5 Å². The van der Waals surface area contributed by atoms with Gasteiger partial charge >= 0.3 is 0 Å². The van der Waals surface area contributed by atoms with Gasteiger partial charge in [0.05, 0.1) is 6.10 Å². The number of hydrogen-bond donors (Lipinski definition) is 1. The van der Waals surface area contributed by atoms with E-state index in [-0.39, 0.29) is 12.1 Å². The van der Waals surface area contributed by atoms with E-state index in [9.17, 15) is 0 Å². The maximum absolute atomic E-state index is 6.44. The van der Waals surface area contributed by atoms with Crippen molar-refractivity contribution in [2.75, 3.05) is 6.61 Å². The molecule has 2 N–H and O–H groups in total. The van der Waals surface area contributed by atoms with Gasteiger partial charge in [-0.3, -0.25) is 0 Å². The molecule has 2 nitrogen and oxygen atoms in total. The first-order valence-electron chi connectivity index (χ1n) is 7.63. The second-order valence-corrected chi connectivity index (χ2v) is 5.76. The lowest BCUT2D eigenvalue weighted by molar-refractivity contribution is 0.0288. The lowest BCUT2D eigenvalue weighted by Crippen LogP contribution is -2.40. The number of rotatable bonds is 6. The van der Waals surface area contributed by atoms with Crippen LogP contribution in [-0.2, 0) is 11.2 Å². The summed E-state index contributed by atoms with van der Waals surface area (Å²) in [6.45, 7) is 2.81. The second-order valence-electron chi connectivity index (χ2n) is 5.76. The highest BCUT2D eigenvalue weighted by Crippen LogP contribution is 2.36. The zero-order valence-corrected chi connectivity index (χ0v) is 12.1. The van der Waals surface area contributed by atoms with E-state index >= 15 is 0 Å². The Balaban J connectivity index is 1.81. The van der Waals surface area contributed by atoms with Gasteiger partial charge in [0.15, 0.2) is 0 Å². The van der Waals surface area contributed by atoms with Crippen molar-refractivity contribution >= 4 is 10.8 Å². The lowest BCUT2D eigenvalue weighted by Gasteiger charge is -2.24. The Labute approximate surface area is 120 Å². The van der Waals surface area contributed by atoms with Crippen molar-refractivity contribution in [3.8, 4) is 0 Å². The molecule has 1 saturated carbocycles. The van der Waals surface area contributed by atoms with Gasteiger partial charge in [-0.2, -0.15) is 0 Å². The van der Waals surface area contributed by atoms with Crippen LogP contribution in [-0.4, -0.2) is 18.8 Å². The van der Waals surface area contributed by atoms with Crippen molar-refractivity contribution in [3.05, 3.63) is 48.0 Å². The minimum absolute atomic E-state index is 0.0910. The molecule has 0 radical (unpaired) electrons. The van der Waals surface area contributed by atoms with Gasteiger partial charge < -0.3 is 10.5 Å². The topological polar surface area (TPSA) is 35.2 Å². The summed E-state index contributed by atoms with van der Waals surface area (Å²) in [4.78, 5) is 0. The number of fused-ring (bicyclic) bond motifs is 1. The molecule has 0 aliphatic heterocycles. The zero-order valence-electron chi connectivity index (χ0n) is 12.1. The van der Waals surface area contributed by atoms with Crippen LogP contribution in [0.1, 0.15) is 25.3 Å². The van der Waals surface area contributed by atoms with Crippen LogP contribution in [0.5, 0.6) is 0 Å². The predicted octanol–water partition coefficient (Wildman–Crippen LogP) is 3.52. The molecule has 106 valence electrons. The third-order valence-electron chi connectivity index (χ3n) is 4.20. The van der Waals surface area contributed by atoms with Gasteiger partial charge in [-0.05, 0) is 48.4 Å². The zero-order chi connectivity index (χ0) is 13.9. The van der Waals surface area contributed by atoms with Crippen molar-refractivity contribution in [3.63, 3.8) is 0 Å². The smallest absolute Gasteiger partial charge is 0.0757 e. The summed E-state index contributed by atoms with van der Waals surface area (Å²) < 4.78 is 5.89. The highest BCUT2D eigenvalue weighted by molar-refractivity contribution is 5.85. The van der Waals surface area contributed by atoms with Gasteiger partial charge in [0.2, 0.25) is 0 Å². The highest BCUT2D eigenvalue weighted by Gasteiger charge is 2.35. The Morgan fingerprint density at radius 1 is 1.15 bits per heavy atom. The predicted molar refractivity (Wildman–Crippen MR) is 83.8 cm³/mol. The molecule has 1 aliphatic carbocycles. The quantitative estimate of drug-likeness (QED) is 0.870. The third-order valence-corrected chi connectivity index (χ3v) is 4.20. The van der Waals surface area contributed by atoms with Crippen LogP contribution in [0.4, 0.5) is 0 Å². The number of nitrogens with two attached hydrogens (primary N) is 1. The molecular weight excluding hydrogens is 246 g/mol. The van der Waals surface area contributed by atoms with E-state index in [1.807, 2.05) is 0 Å². The Kier molecular flexibility index (Phi) is 4.04. The molecule has 3 rings (SSSR count). The summed E-state index contributed by atoms with van der Waals surface area (Å²) in [6.07, 6.45) is 3.66. The number of benzene rings is 2. The van der Waals surface area contributed by atoms with Crippen LogP contribution in [0.25, 0.3) is 10.8 Å². The molecule has 1 fully saturated rings. The third kappa shape index (κ3) is 2.87. The monoisotopic (exact) mass is 269 g/mol. The summed E-state index contributed by atoms with van der Waals surface area (Å²) in [5.41, 5.74) is 7.78. The van der Waals surface area contributed by atoms with Gasteiger partial charge in [0.1, 0.15) is 0 Å². The molecule has 0 amide bonds. The molecule has 0 heterocycles. The Morgan fingerprint density at radius 2 is 1.90 bits per heavy atom. The van der Waals surface area contributed by atoms with Crippen LogP contribution < -0.4 is 5.73 Å².